The Hall–Kier alpha value is -2.54. The molecule has 0 unspecified atom stereocenters. The smallest absolute Gasteiger partial charge is 0.274 e. The van der Waals surface area contributed by atoms with E-state index in [0.717, 1.165) is 16.7 Å². The van der Waals surface area contributed by atoms with E-state index in [4.69, 9.17) is 0 Å². The fraction of sp³-hybridized carbons (Fsp3) is 0.158. The first-order valence-corrected chi connectivity index (χ1v) is 8.63. The van der Waals surface area contributed by atoms with Crippen molar-refractivity contribution < 1.29 is 22.8 Å². The molecule has 1 heterocycles. The molecule has 2 amide bonds. The van der Waals surface area contributed by atoms with Crippen LogP contribution in [0, 0.1) is 0 Å². The van der Waals surface area contributed by atoms with E-state index >= 15 is 0 Å². The van der Waals surface area contributed by atoms with Gasteiger partial charge in [-0.15, -0.1) is 0 Å². The van der Waals surface area contributed by atoms with E-state index in [-0.39, 0.29) is 35.1 Å². The zero-order chi connectivity index (χ0) is 18.7. The molecule has 134 valence electrons. The summed E-state index contributed by atoms with van der Waals surface area (Å²) in [6.45, 7) is -0.103. The van der Waals surface area contributed by atoms with Crippen LogP contribution in [0.15, 0.2) is 70.5 Å². The molecule has 26 heavy (non-hydrogen) atoms. The van der Waals surface area contributed by atoms with Crippen LogP contribution >= 0.6 is 11.8 Å². The van der Waals surface area contributed by atoms with E-state index in [0.29, 0.717) is 4.90 Å². The molecule has 0 aromatic heterocycles. The molecule has 0 atom stereocenters. The molecule has 1 aliphatic rings. The summed E-state index contributed by atoms with van der Waals surface area (Å²) in [6.07, 6.45) is -4.31. The maximum absolute atomic E-state index is 12.8. The highest BCUT2D eigenvalue weighted by Gasteiger charge is 2.35. The molecule has 0 fully saturated rings. The molecule has 3 nitrogen and oxygen atoms in total. The number of imide groups is 1. The van der Waals surface area contributed by atoms with Gasteiger partial charge in [-0.05, 0) is 35.6 Å². The summed E-state index contributed by atoms with van der Waals surface area (Å²) in [6, 6.07) is 15.0. The van der Waals surface area contributed by atoms with Crippen LogP contribution < -0.4 is 0 Å². The van der Waals surface area contributed by atoms with Crippen molar-refractivity contribution in [3.8, 4) is 0 Å². The monoisotopic (exact) mass is 377 g/mol. The fourth-order valence-corrected chi connectivity index (χ4v) is 3.62. The number of fused-ring (bicyclic) bond motifs is 1. The predicted molar refractivity (Wildman–Crippen MR) is 92.9 cm³/mol. The molecule has 0 N–H and O–H groups in total. The topological polar surface area (TPSA) is 37.4 Å². The molecule has 2 aromatic carbocycles. The third-order valence-corrected chi connectivity index (χ3v) is 4.87. The van der Waals surface area contributed by atoms with Crippen molar-refractivity contribution in [2.45, 2.75) is 17.5 Å². The Balaban J connectivity index is 1.75. The van der Waals surface area contributed by atoms with Gasteiger partial charge in [-0.2, -0.15) is 13.2 Å². The Kier molecular flexibility index (Phi) is 5.18. The van der Waals surface area contributed by atoms with E-state index in [1.54, 1.807) is 54.6 Å². The summed E-state index contributed by atoms with van der Waals surface area (Å²) >= 11 is 0.977. The zero-order valence-corrected chi connectivity index (χ0v) is 14.3. The lowest BCUT2D eigenvalue weighted by molar-refractivity contribution is -0.0802. The van der Waals surface area contributed by atoms with Gasteiger partial charge in [0.2, 0.25) is 0 Å². The van der Waals surface area contributed by atoms with Gasteiger partial charge in [0.25, 0.3) is 11.8 Å². The minimum Gasteiger partial charge on any atom is -0.274 e. The van der Waals surface area contributed by atoms with E-state index in [1.165, 1.54) is 0 Å². The van der Waals surface area contributed by atoms with Crippen LogP contribution in [0.2, 0.25) is 0 Å². The number of halogens is 3. The van der Waals surface area contributed by atoms with Crippen molar-refractivity contribution in [2.75, 3.05) is 6.54 Å². The lowest BCUT2D eigenvalue weighted by Gasteiger charge is -2.15. The van der Waals surface area contributed by atoms with Crippen molar-refractivity contribution in [2.24, 2.45) is 0 Å². The van der Waals surface area contributed by atoms with Crippen molar-refractivity contribution in [1.82, 2.24) is 4.90 Å². The number of carbonyl (C=O) groups is 2. The first kappa shape index (κ1) is 18.3. The Bertz CT molecular complexity index is 828. The van der Waals surface area contributed by atoms with Gasteiger partial charge in [-0.1, -0.05) is 42.1 Å². The highest BCUT2D eigenvalue weighted by Crippen LogP contribution is 2.33. The van der Waals surface area contributed by atoms with E-state index in [9.17, 15) is 22.8 Å². The molecule has 7 heteroatoms. The van der Waals surface area contributed by atoms with Gasteiger partial charge < -0.3 is 0 Å². The van der Waals surface area contributed by atoms with Gasteiger partial charge in [0.15, 0.2) is 0 Å². The van der Waals surface area contributed by atoms with E-state index in [1.807, 2.05) is 0 Å². The van der Waals surface area contributed by atoms with Crippen LogP contribution in [0.1, 0.15) is 27.1 Å². The molecule has 3 rings (SSSR count). The Morgan fingerprint density at radius 3 is 2.00 bits per heavy atom. The number of benzene rings is 2. The summed E-state index contributed by atoms with van der Waals surface area (Å²) in [5.41, 5.74) is 0.573. The minimum absolute atomic E-state index is 0.0419. The normalized spacial score (nSPS) is 14.7. The van der Waals surface area contributed by atoms with Gasteiger partial charge in [0.05, 0.1) is 11.1 Å². The Morgan fingerprint density at radius 1 is 0.923 bits per heavy atom. The average Bonchev–Trinajstić information content (AvgIpc) is 2.84. The number of rotatable bonds is 5. The number of nitrogens with zero attached hydrogens (tertiary/aromatic N) is 1. The molecule has 0 radical (unpaired) electrons. The lowest BCUT2D eigenvalue weighted by atomic mass is 10.1. The number of amides is 2. The molecular formula is C19H14F3NO2S. The van der Waals surface area contributed by atoms with Crippen LogP contribution in [0.5, 0.6) is 0 Å². The number of allylic oxidation sites excluding steroid dienone is 1. The number of hydrogen-bond acceptors (Lipinski definition) is 3. The number of alkyl halides is 3. The molecular weight excluding hydrogens is 363 g/mol. The predicted octanol–water partition coefficient (Wildman–Crippen LogP) is 4.91. The third-order valence-electron chi connectivity index (χ3n) is 3.78. The summed E-state index contributed by atoms with van der Waals surface area (Å²) in [5.74, 6) is -0.941. The molecule has 2 aromatic rings. The van der Waals surface area contributed by atoms with Crippen LogP contribution in [-0.2, 0) is 0 Å². The Labute approximate surface area is 152 Å². The average molecular weight is 377 g/mol. The van der Waals surface area contributed by atoms with Gasteiger partial charge in [0, 0.05) is 17.5 Å². The number of carbonyl (C=O) groups excluding carboxylic acids is 2. The van der Waals surface area contributed by atoms with E-state index in [2.05, 4.69) is 0 Å². The SMILES string of the molecule is O=C1c2ccccc2C(=O)N1CCC(=CC(F)(F)F)Sc1ccccc1. The van der Waals surface area contributed by atoms with Crippen LogP contribution in [0.25, 0.3) is 0 Å². The van der Waals surface area contributed by atoms with Gasteiger partial charge in [0.1, 0.15) is 0 Å². The standard InChI is InChI=1S/C19H14F3NO2S/c20-19(21,22)12-14(26-13-6-2-1-3-7-13)10-11-23-17(24)15-8-4-5-9-16(15)18(23)25/h1-9,12H,10-11H2. The van der Waals surface area contributed by atoms with Crippen molar-refractivity contribution in [1.29, 1.82) is 0 Å². The Morgan fingerprint density at radius 2 is 1.46 bits per heavy atom. The molecule has 0 saturated heterocycles. The van der Waals surface area contributed by atoms with Crippen LogP contribution in [0.3, 0.4) is 0 Å². The first-order valence-electron chi connectivity index (χ1n) is 7.82. The quantitative estimate of drug-likeness (QED) is 0.549. The minimum atomic E-state index is -4.47. The zero-order valence-electron chi connectivity index (χ0n) is 13.5. The molecule has 0 aliphatic carbocycles. The highest BCUT2D eigenvalue weighted by molar-refractivity contribution is 8.03. The molecule has 1 aliphatic heterocycles. The number of hydrogen-bond donors (Lipinski definition) is 0. The van der Waals surface area contributed by atoms with Crippen LogP contribution in [0.4, 0.5) is 13.2 Å². The van der Waals surface area contributed by atoms with Gasteiger partial charge in [-0.25, -0.2) is 0 Å². The number of thioether (sulfide) groups is 1. The van der Waals surface area contributed by atoms with Crippen molar-refractivity contribution in [3.05, 3.63) is 76.7 Å². The van der Waals surface area contributed by atoms with Crippen molar-refractivity contribution >= 4 is 23.6 Å². The maximum Gasteiger partial charge on any atom is 0.410 e. The highest BCUT2D eigenvalue weighted by atomic mass is 32.2. The largest absolute Gasteiger partial charge is 0.410 e. The third kappa shape index (κ3) is 4.16. The first-order chi connectivity index (χ1) is 12.3. The lowest BCUT2D eigenvalue weighted by Crippen LogP contribution is -2.30. The second kappa shape index (κ2) is 7.37. The molecule has 0 spiro atoms. The van der Waals surface area contributed by atoms with E-state index < -0.39 is 18.0 Å². The second-order valence-electron chi connectivity index (χ2n) is 5.62. The fourth-order valence-electron chi connectivity index (χ4n) is 2.64. The van der Waals surface area contributed by atoms with Gasteiger partial charge in [-0.3, -0.25) is 14.5 Å². The molecule has 0 saturated carbocycles. The summed E-state index contributed by atoms with van der Waals surface area (Å²) < 4.78 is 38.5. The summed E-state index contributed by atoms with van der Waals surface area (Å²) in [5, 5.41) is 0. The second-order valence-corrected chi connectivity index (χ2v) is 6.82. The van der Waals surface area contributed by atoms with Crippen LogP contribution in [-0.4, -0.2) is 29.4 Å². The maximum atomic E-state index is 12.8. The van der Waals surface area contributed by atoms with Crippen molar-refractivity contribution in [3.63, 3.8) is 0 Å². The van der Waals surface area contributed by atoms with Gasteiger partial charge >= 0.3 is 6.18 Å². The summed E-state index contributed by atoms with van der Waals surface area (Å²) in [7, 11) is 0. The summed E-state index contributed by atoms with van der Waals surface area (Å²) in [4.78, 5) is 26.3. The molecule has 0 bridgehead atoms.